The molecule has 0 atom stereocenters. The van der Waals surface area contributed by atoms with Crippen molar-refractivity contribution >= 4 is 6.21 Å². The first-order chi connectivity index (χ1) is 11.0. The zero-order chi connectivity index (χ0) is 17.0. The minimum absolute atomic E-state index is 0.0973. The van der Waals surface area contributed by atoms with Gasteiger partial charge in [0.1, 0.15) is 11.6 Å². The van der Waals surface area contributed by atoms with Crippen molar-refractivity contribution in [3.05, 3.63) is 57.0 Å². The van der Waals surface area contributed by atoms with Gasteiger partial charge >= 0.3 is 0 Å². The van der Waals surface area contributed by atoms with E-state index >= 15 is 0 Å². The van der Waals surface area contributed by atoms with E-state index in [9.17, 15) is 4.79 Å². The third-order valence-electron chi connectivity index (χ3n) is 3.40. The molecule has 6 heteroatoms. The highest BCUT2D eigenvalue weighted by atomic mass is 16.5. The Morgan fingerprint density at radius 2 is 1.87 bits per heavy atom. The zero-order valence-corrected chi connectivity index (χ0v) is 13.5. The SMILES string of the molecule is COc1ccc(C=Nn2c(C)cc(C)c(C#N)c2=O)cc1OC. The minimum Gasteiger partial charge on any atom is -0.493 e. The summed E-state index contributed by atoms with van der Waals surface area (Å²) in [6.45, 7) is 3.50. The molecule has 1 aromatic heterocycles. The van der Waals surface area contributed by atoms with Crippen LogP contribution in [-0.2, 0) is 0 Å². The topological polar surface area (TPSA) is 76.6 Å². The van der Waals surface area contributed by atoms with Gasteiger partial charge in [-0.1, -0.05) is 0 Å². The van der Waals surface area contributed by atoms with Crippen LogP contribution >= 0.6 is 0 Å². The fourth-order valence-electron chi connectivity index (χ4n) is 2.22. The number of nitriles is 1. The quantitative estimate of drug-likeness (QED) is 0.811. The maximum atomic E-state index is 12.3. The Morgan fingerprint density at radius 1 is 1.17 bits per heavy atom. The Hall–Kier alpha value is -3.07. The van der Waals surface area contributed by atoms with E-state index in [4.69, 9.17) is 14.7 Å². The summed E-state index contributed by atoms with van der Waals surface area (Å²) in [5.74, 6) is 1.18. The minimum atomic E-state index is -0.429. The summed E-state index contributed by atoms with van der Waals surface area (Å²) in [5.41, 5.74) is 1.71. The van der Waals surface area contributed by atoms with Gasteiger partial charge in [0, 0.05) is 5.69 Å². The molecule has 0 saturated heterocycles. The molecule has 0 bridgehead atoms. The van der Waals surface area contributed by atoms with Crippen molar-refractivity contribution in [2.75, 3.05) is 14.2 Å². The average molecular weight is 311 g/mol. The van der Waals surface area contributed by atoms with E-state index in [1.807, 2.05) is 6.07 Å². The third kappa shape index (κ3) is 3.24. The monoisotopic (exact) mass is 311 g/mol. The smallest absolute Gasteiger partial charge is 0.289 e. The van der Waals surface area contributed by atoms with Crippen LogP contribution in [0.4, 0.5) is 0 Å². The first-order valence-electron chi connectivity index (χ1n) is 6.91. The maximum Gasteiger partial charge on any atom is 0.289 e. The second kappa shape index (κ2) is 6.79. The van der Waals surface area contributed by atoms with Gasteiger partial charge in [-0.2, -0.15) is 10.4 Å². The second-order valence-electron chi connectivity index (χ2n) is 4.93. The van der Waals surface area contributed by atoms with Gasteiger partial charge < -0.3 is 9.47 Å². The van der Waals surface area contributed by atoms with Gasteiger partial charge in [-0.25, -0.2) is 4.68 Å². The summed E-state index contributed by atoms with van der Waals surface area (Å²) in [7, 11) is 3.11. The molecule has 0 N–H and O–H groups in total. The van der Waals surface area contributed by atoms with Gasteiger partial charge in [-0.3, -0.25) is 4.79 Å². The summed E-state index contributed by atoms with van der Waals surface area (Å²) in [6.07, 6.45) is 1.53. The molecule has 0 unspecified atom stereocenters. The number of hydrogen-bond acceptors (Lipinski definition) is 5. The summed E-state index contributed by atoms with van der Waals surface area (Å²) in [5, 5.41) is 13.3. The molecule has 0 fully saturated rings. The van der Waals surface area contributed by atoms with Crippen LogP contribution in [0.2, 0.25) is 0 Å². The van der Waals surface area contributed by atoms with E-state index in [1.165, 1.54) is 10.9 Å². The van der Waals surface area contributed by atoms with Crippen LogP contribution < -0.4 is 15.0 Å². The lowest BCUT2D eigenvalue weighted by molar-refractivity contribution is 0.355. The standard InChI is InChI=1S/C17H17N3O3/c1-11-7-12(2)20(17(21)14(11)9-18)19-10-13-5-6-15(22-3)16(8-13)23-4/h5-8,10H,1-4H3. The number of nitrogens with zero attached hydrogens (tertiary/aromatic N) is 3. The van der Waals surface area contributed by atoms with Crippen molar-refractivity contribution < 1.29 is 9.47 Å². The molecule has 6 nitrogen and oxygen atoms in total. The van der Waals surface area contributed by atoms with Crippen LogP contribution in [0.25, 0.3) is 0 Å². The highest BCUT2D eigenvalue weighted by molar-refractivity contribution is 5.80. The highest BCUT2D eigenvalue weighted by Crippen LogP contribution is 2.26. The van der Waals surface area contributed by atoms with Crippen molar-refractivity contribution in [2.45, 2.75) is 13.8 Å². The number of methoxy groups -OCH3 is 2. The van der Waals surface area contributed by atoms with E-state index in [0.717, 1.165) is 5.56 Å². The normalized spacial score (nSPS) is 10.6. The zero-order valence-electron chi connectivity index (χ0n) is 13.5. The molecule has 23 heavy (non-hydrogen) atoms. The van der Waals surface area contributed by atoms with E-state index in [-0.39, 0.29) is 5.56 Å². The van der Waals surface area contributed by atoms with Crippen molar-refractivity contribution in [1.29, 1.82) is 5.26 Å². The lowest BCUT2D eigenvalue weighted by Gasteiger charge is -2.08. The lowest BCUT2D eigenvalue weighted by atomic mass is 10.1. The number of hydrogen-bond donors (Lipinski definition) is 0. The predicted molar refractivity (Wildman–Crippen MR) is 87.4 cm³/mol. The van der Waals surface area contributed by atoms with E-state index in [0.29, 0.717) is 22.8 Å². The number of rotatable bonds is 4. The number of pyridine rings is 1. The molecule has 0 radical (unpaired) electrons. The van der Waals surface area contributed by atoms with E-state index < -0.39 is 5.56 Å². The van der Waals surface area contributed by atoms with Gasteiger partial charge in [0.25, 0.3) is 5.56 Å². The molecule has 0 aliphatic heterocycles. The lowest BCUT2D eigenvalue weighted by Crippen LogP contribution is -2.22. The Labute approximate surface area is 134 Å². The van der Waals surface area contributed by atoms with Gasteiger partial charge in [0.2, 0.25) is 0 Å². The van der Waals surface area contributed by atoms with Crippen LogP contribution in [0.15, 0.2) is 34.2 Å². The summed E-state index contributed by atoms with van der Waals surface area (Å²) in [6, 6.07) is 8.98. The molecule has 0 spiro atoms. The molecule has 1 heterocycles. The molecule has 0 aliphatic rings. The largest absolute Gasteiger partial charge is 0.493 e. The van der Waals surface area contributed by atoms with Crippen molar-refractivity contribution in [3.8, 4) is 17.6 Å². The molecular formula is C17H17N3O3. The fourth-order valence-corrected chi connectivity index (χ4v) is 2.22. The molecular weight excluding hydrogens is 294 g/mol. The predicted octanol–water partition coefficient (Wildman–Crippen LogP) is 2.24. The summed E-state index contributed by atoms with van der Waals surface area (Å²) < 4.78 is 11.6. The van der Waals surface area contributed by atoms with Gasteiger partial charge in [0.15, 0.2) is 11.5 Å². The average Bonchev–Trinajstić information content (AvgIpc) is 2.54. The second-order valence-corrected chi connectivity index (χ2v) is 4.93. The van der Waals surface area contributed by atoms with Gasteiger partial charge in [-0.15, -0.1) is 0 Å². The summed E-state index contributed by atoms with van der Waals surface area (Å²) in [4.78, 5) is 12.3. The third-order valence-corrected chi connectivity index (χ3v) is 3.40. The van der Waals surface area contributed by atoms with Crippen LogP contribution in [0, 0.1) is 25.2 Å². The molecule has 0 saturated carbocycles. The van der Waals surface area contributed by atoms with Crippen molar-refractivity contribution in [3.63, 3.8) is 0 Å². The van der Waals surface area contributed by atoms with Crippen molar-refractivity contribution in [2.24, 2.45) is 5.10 Å². The maximum absolute atomic E-state index is 12.3. The van der Waals surface area contributed by atoms with Crippen LogP contribution in [-0.4, -0.2) is 25.1 Å². The number of ether oxygens (including phenoxy) is 2. The first-order valence-corrected chi connectivity index (χ1v) is 6.91. The molecule has 0 amide bonds. The number of aryl methyl sites for hydroxylation is 2. The molecule has 2 aromatic rings. The Kier molecular flexibility index (Phi) is 4.82. The van der Waals surface area contributed by atoms with Crippen LogP contribution in [0.1, 0.15) is 22.4 Å². The van der Waals surface area contributed by atoms with Gasteiger partial charge in [-0.05, 0) is 49.2 Å². The van der Waals surface area contributed by atoms with E-state index in [2.05, 4.69) is 5.10 Å². The fraction of sp³-hybridized carbons (Fsp3) is 0.235. The number of benzene rings is 1. The van der Waals surface area contributed by atoms with Crippen LogP contribution in [0.5, 0.6) is 11.5 Å². The molecule has 0 aliphatic carbocycles. The van der Waals surface area contributed by atoms with Crippen LogP contribution in [0.3, 0.4) is 0 Å². The molecule has 1 aromatic carbocycles. The van der Waals surface area contributed by atoms with E-state index in [1.54, 1.807) is 52.3 Å². The van der Waals surface area contributed by atoms with Crippen molar-refractivity contribution in [1.82, 2.24) is 4.68 Å². The first kappa shape index (κ1) is 16.3. The molecule has 118 valence electrons. The Morgan fingerprint density at radius 3 is 2.48 bits per heavy atom. The highest BCUT2D eigenvalue weighted by Gasteiger charge is 2.09. The Bertz CT molecular complexity index is 861. The van der Waals surface area contributed by atoms with Gasteiger partial charge in [0.05, 0.1) is 20.4 Å². The Balaban J connectivity index is 2.46. The number of aromatic nitrogens is 1. The molecule has 2 rings (SSSR count). The summed E-state index contributed by atoms with van der Waals surface area (Å²) >= 11 is 0.